The number of hydrogen-bond donors (Lipinski definition) is 2. The summed E-state index contributed by atoms with van der Waals surface area (Å²) < 4.78 is 6.53. The van der Waals surface area contributed by atoms with Crippen LogP contribution in [0.15, 0.2) is 42.5 Å². The highest BCUT2D eigenvalue weighted by molar-refractivity contribution is 7.22. The number of hydrogen-bond acceptors (Lipinski definition) is 5. The van der Waals surface area contributed by atoms with Crippen molar-refractivity contribution in [1.29, 1.82) is 0 Å². The number of fused-ring (bicyclic) bond motifs is 1. The van der Waals surface area contributed by atoms with E-state index in [-0.39, 0.29) is 18.4 Å². The molecule has 7 heteroatoms. The van der Waals surface area contributed by atoms with Gasteiger partial charge in [0, 0.05) is 18.2 Å². The van der Waals surface area contributed by atoms with Crippen LogP contribution < -0.4 is 15.4 Å². The Balaban J connectivity index is 1.58. The third kappa shape index (κ3) is 4.58. The summed E-state index contributed by atoms with van der Waals surface area (Å²) in [6.07, 6.45) is 0.398. The van der Waals surface area contributed by atoms with Gasteiger partial charge in [-0.1, -0.05) is 30.4 Å². The largest absolute Gasteiger partial charge is 0.484 e. The van der Waals surface area contributed by atoms with Gasteiger partial charge >= 0.3 is 0 Å². The maximum Gasteiger partial charge on any atom is 0.264 e. The highest BCUT2D eigenvalue weighted by atomic mass is 32.1. The topological polar surface area (TPSA) is 80.3 Å². The molecule has 0 saturated carbocycles. The molecule has 0 saturated heterocycles. The normalized spacial score (nSPS) is 10.5. The van der Waals surface area contributed by atoms with Gasteiger partial charge in [0.05, 0.1) is 10.2 Å². The van der Waals surface area contributed by atoms with Crippen LogP contribution in [0.3, 0.4) is 0 Å². The first kappa shape index (κ1) is 17.9. The number of anilines is 2. The molecule has 2 aromatic carbocycles. The maximum atomic E-state index is 12.1. The van der Waals surface area contributed by atoms with E-state index in [4.69, 9.17) is 4.74 Å². The Morgan fingerprint density at radius 1 is 1.12 bits per heavy atom. The molecule has 0 spiro atoms. The van der Waals surface area contributed by atoms with Gasteiger partial charge in [0.2, 0.25) is 5.91 Å². The lowest BCUT2D eigenvalue weighted by Gasteiger charge is -2.08. The minimum Gasteiger partial charge on any atom is -0.484 e. The molecule has 0 aliphatic heterocycles. The standard InChI is InChI=1S/C19H19N3O3S/c1-3-17(23)20-13-5-4-6-14(10-13)25-11-18(24)22-19-21-15-8-7-12(2)9-16(15)26-19/h4-10H,3,11H2,1-2H3,(H,20,23)(H,21,22,24). The summed E-state index contributed by atoms with van der Waals surface area (Å²) in [7, 11) is 0. The van der Waals surface area contributed by atoms with Crippen molar-refractivity contribution in [1.82, 2.24) is 4.98 Å². The fourth-order valence-electron chi connectivity index (χ4n) is 2.30. The molecule has 0 radical (unpaired) electrons. The number of thiazole rings is 1. The van der Waals surface area contributed by atoms with Crippen LogP contribution in [0, 0.1) is 6.92 Å². The first-order valence-electron chi connectivity index (χ1n) is 8.23. The molecule has 1 aromatic heterocycles. The summed E-state index contributed by atoms with van der Waals surface area (Å²) in [6, 6.07) is 12.9. The number of nitrogens with one attached hydrogen (secondary N) is 2. The van der Waals surface area contributed by atoms with Crippen LogP contribution in [0.2, 0.25) is 0 Å². The first-order valence-corrected chi connectivity index (χ1v) is 9.05. The van der Waals surface area contributed by atoms with E-state index in [1.54, 1.807) is 31.2 Å². The van der Waals surface area contributed by atoms with Crippen LogP contribution in [0.1, 0.15) is 18.9 Å². The monoisotopic (exact) mass is 369 g/mol. The van der Waals surface area contributed by atoms with E-state index >= 15 is 0 Å². The fourth-order valence-corrected chi connectivity index (χ4v) is 3.28. The van der Waals surface area contributed by atoms with Gasteiger partial charge in [-0.3, -0.25) is 14.9 Å². The number of rotatable bonds is 6. The predicted molar refractivity (Wildman–Crippen MR) is 104 cm³/mol. The zero-order chi connectivity index (χ0) is 18.5. The van der Waals surface area contributed by atoms with Crippen LogP contribution in [0.25, 0.3) is 10.2 Å². The van der Waals surface area contributed by atoms with Gasteiger partial charge < -0.3 is 10.1 Å². The van der Waals surface area contributed by atoms with Crippen molar-refractivity contribution in [3.63, 3.8) is 0 Å². The molecule has 0 bridgehead atoms. The SMILES string of the molecule is CCC(=O)Nc1cccc(OCC(=O)Nc2nc3ccc(C)cc3s2)c1. The zero-order valence-corrected chi connectivity index (χ0v) is 15.4. The molecule has 134 valence electrons. The molecule has 1 heterocycles. The van der Waals surface area contributed by atoms with Crippen LogP contribution >= 0.6 is 11.3 Å². The predicted octanol–water partition coefficient (Wildman–Crippen LogP) is 3.97. The van der Waals surface area contributed by atoms with Crippen molar-refractivity contribution in [2.24, 2.45) is 0 Å². The van der Waals surface area contributed by atoms with Crippen molar-refractivity contribution in [3.05, 3.63) is 48.0 Å². The van der Waals surface area contributed by atoms with E-state index in [0.717, 1.165) is 15.8 Å². The Bertz CT molecular complexity index is 952. The number of nitrogens with zero attached hydrogens (tertiary/aromatic N) is 1. The minimum atomic E-state index is -0.288. The van der Waals surface area contributed by atoms with Gasteiger partial charge in [-0.05, 0) is 36.8 Å². The van der Waals surface area contributed by atoms with Crippen LogP contribution in [0.5, 0.6) is 5.75 Å². The molecular weight excluding hydrogens is 350 g/mol. The number of aryl methyl sites for hydroxylation is 1. The summed E-state index contributed by atoms with van der Waals surface area (Å²) in [5, 5.41) is 6.05. The van der Waals surface area contributed by atoms with E-state index in [0.29, 0.717) is 23.0 Å². The number of ether oxygens (including phenoxy) is 1. The average Bonchev–Trinajstić information content (AvgIpc) is 3.01. The first-order chi connectivity index (χ1) is 12.5. The number of amides is 2. The Morgan fingerprint density at radius 3 is 2.77 bits per heavy atom. The highest BCUT2D eigenvalue weighted by Crippen LogP contribution is 2.26. The van der Waals surface area contributed by atoms with Crippen molar-refractivity contribution in [3.8, 4) is 5.75 Å². The minimum absolute atomic E-state index is 0.0778. The lowest BCUT2D eigenvalue weighted by Crippen LogP contribution is -2.20. The third-order valence-electron chi connectivity index (χ3n) is 3.60. The molecule has 2 amide bonds. The van der Waals surface area contributed by atoms with Crippen molar-refractivity contribution in [2.45, 2.75) is 20.3 Å². The van der Waals surface area contributed by atoms with Crippen molar-refractivity contribution in [2.75, 3.05) is 17.2 Å². The Labute approximate surface area is 155 Å². The summed E-state index contributed by atoms with van der Waals surface area (Å²) in [5.74, 6) is 0.142. The van der Waals surface area contributed by atoms with Gasteiger partial charge in [0.15, 0.2) is 11.7 Å². The second-order valence-corrected chi connectivity index (χ2v) is 6.79. The molecule has 2 N–H and O–H groups in total. The molecule has 0 fully saturated rings. The summed E-state index contributed by atoms with van der Waals surface area (Å²) in [5.41, 5.74) is 2.64. The number of benzene rings is 2. The Morgan fingerprint density at radius 2 is 1.96 bits per heavy atom. The molecule has 0 aliphatic carbocycles. The maximum absolute atomic E-state index is 12.1. The van der Waals surface area contributed by atoms with Gasteiger partial charge in [-0.25, -0.2) is 4.98 Å². The quantitative estimate of drug-likeness (QED) is 0.689. The number of carbonyl (C=O) groups is 2. The van der Waals surface area contributed by atoms with Crippen LogP contribution in [-0.4, -0.2) is 23.4 Å². The Kier molecular flexibility index (Phi) is 5.48. The molecule has 0 unspecified atom stereocenters. The lowest BCUT2D eigenvalue weighted by atomic mass is 10.2. The van der Waals surface area contributed by atoms with Crippen molar-refractivity contribution >= 4 is 44.2 Å². The van der Waals surface area contributed by atoms with E-state index in [2.05, 4.69) is 15.6 Å². The average molecular weight is 369 g/mol. The fraction of sp³-hybridized carbons (Fsp3) is 0.211. The second-order valence-electron chi connectivity index (χ2n) is 5.76. The van der Waals surface area contributed by atoms with Gasteiger partial charge in [-0.2, -0.15) is 0 Å². The molecule has 6 nitrogen and oxygen atoms in total. The van der Waals surface area contributed by atoms with E-state index in [1.165, 1.54) is 11.3 Å². The molecule has 3 aromatic rings. The summed E-state index contributed by atoms with van der Waals surface area (Å²) in [4.78, 5) is 27.9. The lowest BCUT2D eigenvalue weighted by molar-refractivity contribution is -0.118. The summed E-state index contributed by atoms with van der Waals surface area (Å²) in [6.45, 7) is 3.66. The number of carbonyl (C=O) groups excluding carboxylic acids is 2. The molecule has 0 aliphatic rings. The van der Waals surface area contributed by atoms with Crippen LogP contribution in [-0.2, 0) is 9.59 Å². The Hall–Kier alpha value is -2.93. The van der Waals surface area contributed by atoms with E-state index in [1.807, 2.05) is 25.1 Å². The van der Waals surface area contributed by atoms with Crippen LogP contribution in [0.4, 0.5) is 10.8 Å². The van der Waals surface area contributed by atoms with Gasteiger partial charge in [-0.15, -0.1) is 0 Å². The number of aromatic nitrogens is 1. The molecule has 3 rings (SSSR count). The second kappa shape index (κ2) is 7.97. The molecule has 26 heavy (non-hydrogen) atoms. The smallest absolute Gasteiger partial charge is 0.264 e. The zero-order valence-electron chi connectivity index (χ0n) is 14.5. The molecular formula is C19H19N3O3S. The van der Waals surface area contributed by atoms with Gasteiger partial charge in [0.1, 0.15) is 5.75 Å². The third-order valence-corrected chi connectivity index (χ3v) is 4.53. The highest BCUT2D eigenvalue weighted by Gasteiger charge is 2.09. The van der Waals surface area contributed by atoms with E-state index < -0.39 is 0 Å². The molecule has 0 atom stereocenters. The summed E-state index contributed by atoms with van der Waals surface area (Å²) >= 11 is 1.43. The van der Waals surface area contributed by atoms with E-state index in [9.17, 15) is 9.59 Å². The van der Waals surface area contributed by atoms with Gasteiger partial charge in [0.25, 0.3) is 5.91 Å². The van der Waals surface area contributed by atoms with Crippen molar-refractivity contribution < 1.29 is 14.3 Å².